The molecule has 0 bridgehead atoms. The third-order valence-electron chi connectivity index (χ3n) is 5.61. The van der Waals surface area contributed by atoms with Crippen molar-refractivity contribution in [2.45, 2.75) is 90.3 Å². The maximum Gasteiger partial charge on any atom is 0.309 e. The van der Waals surface area contributed by atoms with Gasteiger partial charge in [-0.05, 0) is 26.7 Å². The Balaban J connectivity index is 1.88. The molecule has 0 aromatic rings. The lowest BCUT2D eigenvalue weighted by Gasteiger charge is -2.25. The lowest BCUT2D eigenvalue weighted by molar-refractivity contribution is -0.160. The SMILES string of the molecule is CCCC(=O)O[C@H](C)CC(=O)O[C@@H]1CO[C@H]2[C@H]1OC[C@@H]2C(CC)C(=O)O[C@H](C)CC(=O)O. The summed E-state index contributed by atoms with van der Waals surface area (Å²) in [7, 11) is 0. The Bertz CT molecular complexity index is 678. The molecule has 0 aromatic heterocycles. The second-order valence-corrected chi connectivity index (χ2v) is 8.40. The van der Waals surface area contributed by atoms with Crippen LogP contribution in [0.3, 0.4) is 0 Å². The predicted molar refractivity (Wildman–Crippen MR) is 110 cm³/mol. The summed E-state index contributed by atoms with van der Waals surface area (Å²) in [5.41, 5.74) is 0. The third-order valence-corrected chi connectivity index (χ3v) is 5.61. The van der Waals surface area contributed by atoms with Crippen molar-refractivity contribution in [1.29, 1.82) is 0 Å². The van der Waals surface area contributed by atoms with E-state index in [1.807, 2.05) is 13.8 Å². The van der Waals surface area contributed by atoms with Crippen molar-refractivity contribution in [3.63, 3.8) is 0 Å². The minimum atomic E-state index is -1.04. The molecule has 182 valence electrons. The summed E-state index contributed by atoms with van der Waals surface area (Å²) in [6, 6.07) is 0. The molecule has 0 spiro atoms. The smallest absolute Gasteiger partial charge is 0.309 e. The zero-order valence-electron chi connectivity index (χ0n) is 19.1. The number of hydrogen-bond acceptors (Lipinski definition) is 9. The highest BCUT2D eigenvalue weighted by Crippen LogP contribution is 2.38. The van der Waals surface area contributed by atoms with E-state index < -0.39 is 54.3 Å². The molecule has 0 aromatic carbocycles. The molecule has 0 aliphatic carbocycles. The van der Waals surface area contributed by atoms with E-state index >= 15 is 0 Å². The van der Waals surface area contributed by atoms with Crippen LogP contribution < -0.4 is 0 Å². The Kier molecular flexibility index (Phi) is 9.89. The van der Waals surface area contributed by atoms with Gasteiger partial charge in [0.25, 0.3) is 0 Å². The molecule has 1 unspecified atom stereocenters. The molecule has 2 fully saturated rings. The van der Waals surface area contributed by atoms with Crippen LogP contribution >= 0.6 is 0 Å². The summed E-state index contributed by atoms with van der Waals surface area (Å²) in [6.45, 7) is 7.26. The lowest BCUT2D eigenvalue weighted by atomic mass is 9.86. The van der Waals surface area contributed by atoms with E-state index in [0.717, 1.165) is 0 Å². The lowest BCUT2D eigenvalue weighted by Crippen LogP contribution is -2.37. The fourth-order valence-electron chi connectivity index (χ4n) is 4.14. The quantitative estimate of drug-likeness (QED) is 0.341. The Morgan fingerprint density at radius 2 is 1.59 bits per heavy atom. The second-order valence-electron chi connectivity index (χ2n) is 8.40. The van der Waals surface area contributed by atoms with Crippen LogP contribution in [0, 0.1) is 11.8 Å². The van der Waals surface area contributed by atoms with E-state index in [0.29, 0.717) is 19.3 Å². The highest BCUT2D eigenvalue weighted by Gasteiger charge is 2.52. The Hall–Kier alpha value is -2.20. The standard InChI is InChI=1S/C22H34O10/c1-5-7-18(25)30-13(4)9-19(26)32-16-11-29-20-15(10-28-21(16)20)14(6-2)22(27)31-12(3)8-17(23)24/h12-16,20-21H,5-11H2,1-4H3,(H,23,24)/t12-,13-,14?,15-,16-,20-,21+/m1/s1. The normalized spacial score (nSPS) is 27.1. The highest BCUT2D eigenvalue weighted by molar-refractivity contribution is 5.74. The van der Waals surface area contributed by atoms with E-state index in [1.54, 1.807) is 6.92 Å². The molecule has 0 radical (unpaired) electrons. The van der Waals surface area contributed by atoms with Crippen molar-refractivity contribution in [2.75, 3.05) is 13.2 Å². The van der Waals surface area contributed by atoms with Gasteiger partial charge in [-0.25, -0.2) is 0 Å². The zero-order chi connectivity index (χ0) is 23.8. The average Bonchev–Trinajstić information content (AvgIpc) is 3.25. The number of carbonyl (C=O) groups is 4. The summed E-state index contributed by atoms with van der Waals surface area (Å²) >= 11 is 0. The average molecular weight is 459 g/mol. The van der Waals surface area contributed by atoms with Gasteiger partial charge >= 0.3 is 23.9 Å². The van der Waals surface area contributed by atoms with Crippen LogP contribution in [-0.4, -0.2) is 72.7 Å². The molecule has 32 heavy (non-hydrogen) atoms. The van der Waals surface area contributed by atoms with E-state index in [1.165, 1.54) is 6.92 Å². The first-order chi connectivity index (χ1) is 15.2. The number of rotatable bonds is 12. The molecule has 0 amide bonds. The first kappa shape index (κ1) is 26.1. The van der Waals surface area contributed by atoms with Crippen molar-refractivity contribution in [2.24, 2.45) is 11.8 Å². The minimum Gasteiger partial charge on any atom is -0.481 e. The van der Waals surface area contributed by atoms with E-state index in [2.05, 4.69) is 0 Å². The fraction of sp³-hybridized carbons (Fsp3) is 0.818. The van der Waals surface area contributed by atoms with Crippen LogP contribution in [0.5, 0.6) is 0 Å². The monoisotopic (exact) mass is 458 g/mol. The van der Waals surface area contributed by atoms with Gasteiger partial charge in [0.1, 0.15) is 18.3 Å². The Morgan fingerprint density at radius 3 is 2.22 bits per heavy atom. The first-order valence-corrected chi connectivity index (χ1v) is 11.2. The van der Waals surface area contributed by atoms with Crippen LogP contribution in [0.25, 0.3) is 0 Å². The van der Waals surface area contributed by atoms with Gasteiger partial charge in [-0.15, -0.1) is 0 Å². The maximum atomic E-state index is 12.6. The van der Waals surface area contributed by atoms with Gasteiger partial charge in [-0.1, -0.05) is 13.8 Å². The van der Waals surface area contributed by atoms with Gasteiger partial charge in [0, 0.05) is 12.3 Å². The van der Waals surface area contributed by atoms with Gasteiger partial charge in [-0.3, -0.25) is 19.2 Å². The van der Waals surface area contributed by atoms with Gasteiger partial charge in [-0.2, -0.15) is 0 Å². The summed E-state index contributed by atoms with van der Waals surface area (Å²) in [5, 5.41) is 8.85. The third kappa shape index (κ3) is 7.16. The number of ether oxygens (including phenoxy) is 5. The van der Waals surface area contributed by atoms with Gasteiger partial charge in [0.05, 0.1) is 38.1 Å². The van der Waals surface area contributed by atoms with E-state index in [4.69, 9.17) is 28.8 Å². The van der Waals surface area contributed by atoms with Crippen molar-refractivity contribution in [3.8, 4) is 0 Å². The molecule has 2 rings (SSSR count). The molecule has 2 aliphatic heterocycles. The molecule has 0 saturated carbocycles. The van der Waals surface area contributed by atoms with Crippen LogP contribution in [0.15, 0.2) is 0 Å². The topological polar surface area (TPSA) is 135 Å². The Labute approximate surface area is 187 Å². The predicted octanol–water partition coefficient (Wildman–Crippen LogP) is 1.87. The van der Waals surface area contributed by atoms with Gasteiger partial charge in [0.2, 0.25) is 0 Å². The molecule has 10 heteroatoms. The number of fused-ring (bicyclic) bond motifs is 1. The number of carboxylic acid groups (broad SMARTS) is 1. The van der Waals surface area contributed by atoms with Crippen molar-refractivity contribution >= 4 is 23.9 Å². The molecule has 2 heterocycles. The van der Waals surface area contributed by atoms with Crippen molar-refractivity contribution < 1.29 is 48.0 Å². The molecular weight excluding hydrogens is 424 g/mol. The number of aliphatic carboxylic acids is 1. The molecule has 1 N–H and O–H groups in total. The maximum absolute atomic E-state index is 12.6. The van der Waals surface area contributed by atoms with Crippen LogP contribution in [0.1, 0.15) is 59.8 Å². The van der Waals surface area contributed by atoms with Gasteiger partial charge < -0.3 is 28.8 Å². The number of carboxylic acids is 1. The van der Waals surface area contributed by atoms with Gasteiger partial charge in [0.15, 0.2) is 6.10 Å². The Morgan fingerprint density at radius 1 is 0.938 bits per heavy atom. The van der Waals surface area contributed by atoms with Crippen LogP contribution in [0.2, 0.25) is 0 Å². The van der Waals surface area contributed by atoms with Crippen molar-refractivity contribution in [1.82, 2.24) is 0 Å². The second kappa shape index (κ2) is 12.2. The molecule has 7 atom stereocenters. The van der Waals surface area contributed by atoms with Crippen LogP contribution in [0.4, 0.5) is 0 Å². The van der Waals surface area contributed by atoms with E-state index in [9.17, 15) is 19.2 Å². The number of hydrogen-bond donors (Lipinski definition) is 1. The molecular formula is C22H34O10. The first-order valence-electron chi connectivity index (χ1n) is 11.2. The highest BCUT2D eigenvalue weighted by atomic mass is 16.6. The summed E-state index contributed by atoms with van der Waals surface area (Å²) in [5.74, 6) is -3.20. The molecule has 2 saturated heterocycles. The van der Waals surface area contributed by atoms with Crippen molar-refractivity contribution in [3.05, 3.63) is 0 Å². The number of carbonyl (C=O) groups excluding carboxylic acids is 3. The molecule has 10 nitrogen and oxygen atoms in total. The largest absolute Gasteiger partial charge is 0.481 e. The molecule has 2 aliphatic rings. The summed E-state index contributed by atoms with van der Waals surface area (Å²) in [4.78, 5) is 47.2. The summed E-state index contributed by atoms with van der Waals surface area (Å²) in [6.07, 6.45) is -1.77. The number of esters is 3. The fourth-order valence-corrected chi connectivity index (χ4v) is 4.14. The minimum absolute atomic E-state index is 0.0713. The zero-order valence-corrected chi connectivity index (χ0v) is 19.1. The van der Waals surface area contributed by atoms with E-state index in [-0.39, 0.29) is 37.9 Å². The van der Waals surface area contributed by atoms with Crippen LogP contribution in [-0.2, 0) is 42.9 Å². The summed E-state index contributed by atoms with van der Waals surface area (Å²) < 4.78 is 27.6.